The Labute approximate surface area is 229 Å². The Morgan fingerprint density at radius 3 is 2.55 bits per heavy atom. The molecule has 11 heteroatoms. The zero-order chi connectivity index (χ0) is 27.1. The van der Waals surface area contributed by atoms with Crippen LogP contribution in [0.5, 0.6) is 0 Å². The highest BCUT2D eigenvalue weighted by atomic mass is 35.5. The molecule has 200 valence electrons. The second kappa shape index (κ2) is 12.9. The molecule has 3 N–H and O–H groups in total. The van der Waals surface area contributed by atoms with E-state index in [2.05, 4.69) is 43.0 Å². The fourth-order valence-electron chi connectivity index (χ4n) is 5.36. The number of nitrogen functional groups attached to an aromatic ring is 1. The summed E-state index contributed by atoms with van der Waals surface area (Å²) in [4.78, 5) is 28.3. The first kappa shape index (κ1) is 27.6. The number of halogens is 1. The number of piperidine rings is 1. The minimum absolute atomic E-state index is 0.0184. The number of nitrogens with two attached hydrogens (primary N) is 1. The van der Waals surface area contributed by atoms with Crippen molar-refractivity contribution in [2.45, 2.75) is 51.2 Å². The highest BCUT2D eigenvalue weighted by molar-refractivity contribution is 6.32. The van der Waals surface area contributed by atoms with Crippen molar-refractivity contribution >= 4 is 29.1 Å². The number of carbonyl (C=O) groups is 1. The molecule has 2 aliphatic rings. The number of hydrogen-bond donors (Lipinski definition) is 2. The second-order valence-corrected chi connectivity index (χ2v) is 10.2. The van der Waals surface area contributed by atoms with Gasteiger partial charge < -0.3 is 16.0 Å². The maximum Gasteiger partial charge on any atom is 0.273 e. The van der Waals surface area contributed by atoms with Crippen LogP contribution in [0.2, 0.25) is 5.15 Å². The van der Waals surface area contributed by atoms with Gasteiger partial charge in [-0.05, 0) is 50.0 Å². The first-order chi connectivity index (χ1) is 18.4. The maximum absolute atomic E-state index is 12.4. The Kier molecular flexibility index (Phi) is 9.35. The Balaban J connectivity index is 1.34. The number of hydrogen-bond acceptors (Lipinski definition) is 9. The van der Waals surface area contributed by atoms with Crippen molar-refractivity contribution in [2.24, 2.45) is 0 Å². The second-order valence-electron chi connectivity index (χ2n) is 9.80. The molecule has 2 aromatic rings. The van der Waals surface area contributed by atoms with E-state index in [1.807, 2.05) is 30.3 Å². The van der Waals surface area contributed by atoms with Crippen molar-refractivity contribution in [2.75, 3.05) is 49.9 Å². The van der Waals surface area contributed by atoms with E-state index in [0.717, 1.165) is 58.5 Å². The molecule has 0 aliphatic carbocycles. The van der Waals surface area contributed by atoms with Gasteiger partial charge in [-0.25, -0.2) is 9.97 Å². The number of rotatable bonds is 8. The standard InChI is InChI=1S/C27H34ClN9O/c1-2-21-18-36(26-24(28)33-23(25(31)34-26)27(38)32-11-3-10-29)14-15-37(21)22-8-12-35(13-9-22)17-20-6-4-19(16-30)5-7-20/h4-7,21-22H,2-3,8-9,11-15,17-18H2,1H3,(H2,31,34)(H,32,38)/t21-/m0/s1. The Hall–Kier alpha value is -3.44. The topological polar surface area (TPSA) is 138 Å². The number of benzene rings is 1. The molecule has 1 aromatic carbocycles. The van der Waals surface area contributed by atoms with E-state index in [0.29, 0.717) is 23.5 Å². The maximum atomic E-state index is 12.4. The fraction of sp³-hybridized carbons (Fsp3) is 0.519. The molecule has 3 heterocycles. The molecular formula is C27H34ClN9O. The molecule has 0 bridgehead atoms. The smallest absolute Gasteiger partial charge is 0.273 e. The summed E-state index contributed by atoms with van der Waals surface area (Å²) >= 11 is 6.48. The van der Waals surface area contributed by atoms with Crippen molar-refractivity contribution in [3.63, 3.8) is 0 Å². The number of carbonyl (C=O) groups excluding carboxylic acids is 1. The van der Waals surface area contributed by atoms with Gasteiger partial charge in [0.15, 0.2) is 22.5 Å². The number of nitrogens with one attached hydrogen (secondary N) is 1. The van der Waals surface area contributed by atoms with Gasteiger partial charge in [0.25, 0.3) is 5.91 Å². The lowest BCUT2D eigenvalue weighted by Gasteiger charge is -2.47. The molecule has 2 saturated heterocycles. The molecule has 0 radical (unpaired) electrons. The summed E-state index contributed by atoms with van der Waals surface area (Å²) in [6, 6.07) is 12.9. The van der Waals surface area contributed by atoms with Gasteiger partial charge in [0.2, 0.25) is 0 Å². The predicted octanol–water partition coefficient (Wildman–Crippen LogP) is 2.79. The SMILES string of the molecule is CC[C@H]1CN(c2nc(N)c(C(=O)NCCC#N)nc2Cl)CCN1C1CCN(Cc2ccc(C#N)cc2)CC1. The van der Waals surface area contributed by atoms with Gasteiger partial charge in [0.05, 0.1) is 24.1 Å². The van der Waals surface area contributed by atoms with E-state index in [-0.39, 0.29) is 29.6 Å². The van der Waals surface area contributed by atoms with Gasteiger partial charge in [0.1, 0.15) is 0 Å². The zero-order valence-electron chi connectivity index (χ0n) is 21.7. The lowest BCUT2D eigenvalue weighted by Crippen LogP contribution is -2.58. The first-order valence-electron chi connectivity index (χ1n) is 13.1. The van der Waals surface area contributed by atoms with Gasteiger partial charge in [-0.3, -0.25) is 14.6 Å². The first-order valence-corrected chi connectivity index (χ1v) is 13.5. The summed E-state index contributed by atoms with van der Waals surface area (Å²) < 4.78 is 0. The van der Waals surface area contributed by atoms with E-state index in [4.69, 9.17) is 27.9 Å². The van der Waals surface area contributed by atoms with Gasteiger partial charge in [-0.15, -0.1) is 0 Å². The number of amides is 1. The van der Waals surface area contributed by atoms with Crippen LogP contribution in [0.15, 0.2) is 24.3 Å². The summed E-state index contributed by atoms with van der Waals surface area (Å²) in [7, 11) is 0. The van der Waals surface area contributed by atoms with Gasteiger partial charge >= 0.3 is 0 Å². The molecule has 2 fully saturated rings. The lowest BCUT2D eigenvalue weighted by molar-refractivity contribution is 0.0610. The van der Waals surface area contributed by atoms with Crippen molar-refractivity contribution in [1.82, 2.24) is 25.1 Å². The van der Waals surface area contributed by atoms with Crippen LogP contribution in [-0.2, 0) is 6.54 Å². The van der Waals surface area contributed by atoms with E-state index < -0.39 is 5.91 Å². The minimum atomic E-state index is -0.486. The lowest BCUT2D eigenvalue weighted by atomic mass is 9.97. The molecule has 38 heavy (non-hydrogen) atoms. The van der Waals surface area contributed by atoms with Crippen LogP contribution in [0.3, 0.4) is 0 Å². The van der Waals surface area contributed by atoms with Crippen molar-refractivity contribution < 1.29 is 4.79 Å². The van der Waals surface area contributed by atoms with Crippen LogP contribution in [0.25, 0.3) is 0 Å². The third-order valence-corrected chi connectivity index (χ3v) is 7.67. The summed E-state index contributed by atoms with van der Waals surface area (Å²) in [5, 5.41) is 20.4. The summed E-state index contributed by atoms with van der Waals surface area (Å²) in [5.41, 5.74) is 8.00. The molecule has 1 amide bonds. The molecule has 2 aliphatic heterocycles. The monoisotopic (exact) mass is 535 g/mol. The molecule has 10 nitrogen and oxygen atoms in total. The number of nitrogens with zero attached hydrogens (tertiary/aromatic N) is 7. The largest absolute Gasteiger partial charge is 0.382 e. The summed E-state index contributed by atoms with van der Waals surface area (Å²) in [6.45, 7) is 7.84. The average molecular weight is 536 g/mol. The van der Waals surface area contributed by atoms with Crippen LogP contribution in [0.1, 0.15) is 54.2 Å². The van der Waals surface area contributed by atoms with Gasteiger partial charge in [-0.2, -0.15) is 10.5 Å². The summed E-state index contributed by atoms with van der Waals surface area (Å²) in [5.74, 6) is 0.0533. The highest BCUT2D eigenvalue weighted by Crippen LogP contribution is 2.30. The van der Waals surface area contributed by atoms with Crippen LogP contribution in [0, 0.1) is 22.7 Å². The minimum Gasteiger partial charge on any atom is -0.382 e. The van der Waals surface area contributed by atoms with Crippen molar-refractivity contribution in [1.29, 1.82) is 10.5 Å². The number of likely N-dealkylation sites (tertiary alicyclic amines) is 1. The normalized spacial score (nSPS) is 19.1. The quantitative estimate of drug-likeness (QED) is 0.488. The Bertz CT molecular complexity index is 1200. The predicted molar refractivity (Wildman–Crippen MR) is 146 cm³/mol. The van der Waals surface area contributed by atoms with Crippen LogP contribution in [0.4, 0.5) is 11.6 Å². The van der Waals surface area contributed by atoms with Crippen LogP contribution < -0.4 is 16.0 Å². The molecule has 0 unspecified atom stereocenters. The van der Waals surface area contributed by atoms with Crippen molar-refractivity contribution in [3.8, 4) is 12.1 Å². The van der Waals surface area contributed by atoms with Gasteiger partial charge in [0, 0.05) is 44.8 Å². The van der Waals surface area contributed by atoms with E-state index in [1.165, 1.54) is 5.56 Å². The third-order valence-electron chi connectivity index (χ3n) is 7.42. The van der Waals surface area contributed by atoms with Crippen LogP contribution in [-0.4, -0.2) is 77.0 Å². The van der Waals surface area contributed by atoms with Crippen molar-refractivity contribution in [3.05, 3.63) is 46.2 Å². The zero-order valence-corrected chi connectivity index (χ0v) is 22.5. The molecule has 0 spiro atoms. The number of aromatic nitrogens is 2. The van der Waals surface area contributed by atoms with Crippen LogP contribution >= 0.6 is 11.6 Å². The molecule has 1 atom stereocenters. The molecule has 0 saturated carbocycles. The average Bonchev–Trinajstić information content (AvgIpc) is 2.94. The number of piperazine rings is 1. The summed E-state index contributed by atoms with van der Waals surface area (Å²) in [6.07, 6.45) is 3.44. The molecule has 1 aromatic heterocycles. The van der Waals surface area contributed by atoms with E-state index in [1.54, 1.807) is 0 Å². The third kappa shape index (κ3) is 6.51. The number of nitriles is 2. The Morgan fingerprint density at radius 2 is 1.89 bits per heavy atom. The highest BCUT2D eigenvalue weighted by Gasteiger charge is 2.34. The number of anilines is 2. The molecular weight excluding hydrogens is 502 g/mol. The van der Waals surface area contributed by atoms with E-state index >= 15 is 0 Å². The Morgan fingerprint density at radius 1 is 1.16 bits per heavy atom. The molecule has 4 rings (SSSR count). The van der Waals surface area contributed by atoms with Gasteiger partial charge in [-0.1, -0.05) is 30.7 Å². The van der Waals surface area contributed by atoms with E-state index in [9.17, 15) is 4.79 Å². The fourth-order valence-corrected chi connectivity index (χ4v) is 5.61.